The van der Waals surface area contributed by atoms with Gasteiger partial charge in [0.2, 0.25) is 0 Å². The first-order valence-corrected chi connectivity index (χ1v) is 8.11. The molecule has 1 aliphatic rings. The van der Waals surface area contributed by atoms with Gasteiger partial charge in [0, 0.05) is 13.0 Å². The van der Waals surface area contributed by atoms with Crippen molar-refractivity contribution in [3.05, 3.63) is 23.3 Å². The summed E-state index contributed by atoms with van der Waals surface area (Å²) in [4.78, 5) is 12.1. The maximum atomic E-state index is 13.2. The number of halogens is 3. The van der Waals surface area contributed by atoms with E-state index in [1.165, 1.54) is 7.11 Å². The largest absolute Gasteiger partial charge is 0.495 e. The SMILES string of the molecule is COc1cc(C)c(C)cc1NC(=O)NC(CC1CCCO1)C(F)(F)F. The predicted molar refractivity (Wildman–Crippen MR) is 88.1 cm³/mol. The average Bonchev–Trinajstić information content (AvgIpc) is 3.02. The molecule has 0 radical (unpaired) electrons. The van der Waals surface area contributed by atoms with Crippen LogP contribution in [0.4, 0.5) is 23.7 Å². The van der Waals surface area contributed by atoms with Crippen LogP contribution in [0.5, 0.6) is 5.75 Å². The van der Waals surface area contributed by atoms with Gasteiger partial charge in [0.05, 0.1) is 18.9 Å². The summed E-state index contributed by atoms with van der Waals surface area (Å²) >= 11 is 0. The highest BCUT2D eigenvalue weighted by Gasteiger charge is 2.42. The van der Waals surface area contributed by atoms with Gasteiger partial charge in [0.1, 0.15) is 11.8 Å². The van der Waals surface area contributed by atoms with Crippen LogP contribution >= 0.6 is 0 Å². The molecule has 1 aromatic carbocycles. The zero-order chi connectivity index (χ0) is 18.6. The number of urea groups is 1. The first-order valence-electron chi connectivity index (χ1n) is 8.11. The van der Waals surface area contributed by atoms with Gasteiger partial charge in [-0.25, -0.2) is 4.79 Å². The molecule has 1 saturated heterocycles. The van der Waals surface area contributed by atoms with E-state index < -0.39 is 24.4 Å². The lowest BCUT2D eigenvalue weighted by Gasteiger charge is -2.24. The van der Waals surface area contributed by atoms with Crippen molar-refractivity contribution in [2.75, 3.05) is 19.0 Å². The van der Waals surface area contributed by atoms with Gasteiger partial charge in [-0.05, 0) is 49.9 Å². The second-order valence-corrected chi connectivity index (χ2v) is 6.20. The number of ether oxygens (including phenoxy) is 2. The molecule has 2 N–H and O–H groups in total. The van der Waals surface area contributed by atoms with Gasteiger partial charge in [-0.2, -0.15) is 13.2 Å². The Morgan fingerprint density at radius 3 is 2.60 bits per heavy atom. The fourth-order valence-corrected chi connectivity index (χ4v) is 2.74. The van der Waals surface area contributed by atoms with Crippen molar-refractivity contribution in [3.8, 4) is 5.75 Å². The number of carbonyl (C=O) groups is 1. The number of methoxy groups -OCH3 is 1. The lowest BCUT2D eigenvalue weighted by Crippen LogP contribution is -2.48. The molecule has 25 heavy (non-hydrogen) atoms. The van der Waals surface area contributed by atoms with Crippen LogP contribution in [0.25, 0.3) is 0 Å². The van der Waals surface area contributed by atoms with E-state index in [2.05, 4.69) is 5.32 Å². The topological polar surface area (TPSA) is 59.6 Å². The third kappa shape index (κ3) is 5.26. The molecule has 0 bridgehead atoms. The summed E-state index contributed by atoms with van der Waals surface area (Å²) in [6.07, 6.45) is -4.01. The van der Waals surface area contributed by atoms with Gasteiger partial charge >= 0.3 is 12.2 Å². The number of benzene rings is 1. The molecule has 140 valence electrons. The Hall–Kier alpha value is -1.96. The van der Waals surface area contributed by atoms with Crippen molar-refractivity contribution in [2.45, 2.75) is 51.4 Å². The molecule has 1 aromatic rings. The van der Waals surface area contributed by atoms with E-state index in [9.17, 15) is 18.0 Å². The lowest BCUT2D eigenvalue weighted by molar-refractivity contribution is -0.159. The lowest BCUT2D eigenvalue weighted by atomic mass is 10.1. The Bertz CT molecular complexity index is 614. The van der Waals surface area contributed by atoms with Crippen LogP contribution in [0.3, 0.4) is 0 Å². The zero-order valence-electron chi connectivity index (χ0n) is 14.5. The van der Waals surface area contributed by atoms with Crippen LogP contribution in [0.2, 0.25) is 0 Å². The van der Waals surface area contributed by atoms with Crippen molar-refractivity contribution >= 4 is 11.7 Å². The van der Waals surface area contributed by atoms with Gasteiger partial charge in [-0.15, -0.1) is 0 Å². The number of aryl methyl sites for hydroxylation is 2. The van der Waals surface area contributed by atoms with E-state index in [0.29, 0.717) is 24.5 Å². The third-order valence-electron chi connectivity index (χ3n) is 4.29. The minimum atomic E-state index is -4.55. The van der Waals surface area contributed by atoms with Crippen molar-refractivity contribution in [1.29, 1.82) is 0 Å². The van der Waals surface area contributed by atoms with Gasteiger partial charge in [-0.3, -0.25) is 0 Å². The molecule has 0 spiro atoms. The standard InChI is InChI=1S/C17H23F3N2O3/c1-10-7-13(14(24-3)8-11(10)2)21-16(23)22-15(17(18,19)20)9-12-5-4-6-25-12/h7-8,12,15H,4-6,9H2,1-3H3,(H2,21,22,23). The molecular weight excluding hydrogens is 337 g/mol. The Balaban J connectivity index is 2.07. The molecule has 2 unspecified atom stereocenters. The molecule has 8 heteroatoms. The minimum absolute atomic E-state index is 0.291. The smallest absolute Gasteiger partial charge is 0.408 e. The summed E-state index contributed by atoms with van der Waals surface area (Å²) < 4.78 is 50.1. The number of carbonyl (C=O) groups excluding carboxylic acids is 1. The fourth-order valence-electron chi connectivity index (χ4n) is 2.74. The molecule has 2 rings (SSSR count). The predicted octanol–water partition coefficient (Wildman–Crippen LogP) is 3.93. The van der Waals surface area contributed by atoms with Crippen LogP contribution in [0, 0.1) is 13.8 Å². The molecule has 1 heterocycles. The first-order chi connectivity index (χ1) is 11.7. The molecule has 2 atom stereocenters. The molecule has 2 amide bonds. The maximum absolute atomic E-state index is 13.2. The highest BCUT2D eigenvalue weighted by Crippen LogP contribution is 2.29. The van der Waals surface area contributed by atoms with E-state index in [0.717, 1.165) is 17.5 Å². The summed E-state index contributed by atoms with van der Waals surface area (Å²) in [7, 11) is 1.43. The normalized spacial score (nSPS) is 18.7. The van der Waals surface area contributed by atoms with E-state index in [1.807, 2.05) is 19.2 Å². The van der Waals surface area contributed by atoms with Crippen LogP contribution in [0.15, 0.2) is 12.1 Å². The summed E-state index contributed by atoms with van der Waals surface area (Å²) in [5.41, 5.74) is 2.17. The van der Waals surface area contributed by atoms with Crippen molar-refractivity contribution in [1.82, 2.24) is 5.32 Å². The van der Waals surface area contributed by atoms with Crippen molar-refractivity contribution in [2.24, 2.45) is 0 Å². The quantitative estimate of drug-likeness (QED) is 0.836. The van der Waals surface area contributed by atoms with Crippen LogP contribution < -0.4 is 15.4 Å². The third-order valence-corrected chi connectivity index (χ3v) is 4.29. The van der Waals surface area contributed by atoms with Crippen molar-refractivity contribution in [3.63, 3.8) is 0 Å². The number of anilines is 1. The molecule has 0 aromatic heterocycles. The molecule has 5 nitrogen and oxygen atoms in total. The van der Waals surface area contributed by atoms with Crippen molar-refractivity contribution < 1.29 is 27.4 Å². The Kier molecular flexibility index (Phi) is 6.16. The summed E-state index contributed by atoms with van der Waals surface area (Å²) in [5, 5.41) is 4.45. The van der Waals surface area contributed by atoms with E-state index in [1.54, 1.807) is 12.1 Å². The molecular formula is C17H23F3N2O3. The van der Waals surface area contributed by atoms with E-state index in [-0.39, 0.29) is 6.42 Å². The van der Waals surface area contributed by atoms with Gasteiger partial charge in [-0.1, -0.05) is 0 Å². The number of hydrogen-bond acceptors (Lipinski definition) is 3. The van der Waals surface area contributed by atoms with Gasteiger partial charge in [0.15, 0.2) is 0 Å². The molecule has 0 aliphatic carbocycles. The number of alkyl halides is 3. The van der Waals surface area contributed by atoms with E-state index >= 15 is 0 Å². The minimum Gasteiger partial charge on any atom is -0.495 e. The number of hydrogen-bond donors (Lipinski definition) is 2. The Morgan fingerprint density at radius 2 is 2.04 bits per heavy atom. The number of amides is 2. The average molecular weight is 360 g/mol. The Morgan fingerprint density at radius 1 is 1.36 bits per heavy atom. The molecule has 1 aliphatic heterocycles. The monoisotopic (exact) mass is 360 g/mol. The summed E-state index contributed by atoms with van der Waals surface area (Å²) in [5.74, 6) is 0.390. The summed E-state index contributed by atoms with van der Waals surface area (Å²) in [6.45, 7) is 4.18. The molecule has 0 saturated carbocycles. The maximum Gasteiger partial charge on any atom is 0.408 e. The van der Waals surface area contributed by atoms with E-state index in [4.69, 9.17) is 9.47 Å². The second kappa shape index (κ2) is 7.95. The van der Waals surface area contributed by atoms with Crippen LogP contribution in [-0.2, 0) is 4.74 Å². The number of nitrogens with one attached hydrogen (secondary N) is 2. The first kappa shape index (κ1) is 19.4. The van der Waals surface area contributed by atoms with Crippen LogP contribution in [0.1, 0.15) is 30.4 Å². The fraction of sp³-hybridized carbons (Fsp3) is 0.588. The highest BCUT2D eigenvalue weighted by atomic mass is 19.4. The zero-order valence-corrected chi connectivity index (χ0v) is 14.5. The number of rotatable bonds is 5. The highest BCUT2D eigenvalue weighted by molar-refractivity contribution is 5.91. The molecule has 1 fully saturated rings. The second-order valence-electron chi connectivity index (χ2n) is 6.20. The van der Waals surface area contributed by atoms with Gasteiger partial charge in [0.25, 0.3) is 0 Å². The van der Waals surface area contributed by atoms with Gasteiger partial charge < -0.3 is 20.1 Å². The Labute approximate surface area is 144 Å². The van der Waals surface area contributed by atoms with Crippen LogP contribution in [-0.4, -0.2) is 38.1 Å². The summed E-state index contributed by atoms with van der Waals surface area (Å²) in [6, 6.07) is 0.490.